The Labute approximate surface area is 163 Å². The lowest BCUT2D eigenvalue weighted by molar-refractivity contribution is -0.158. The van der Waals surface area contributed by atoms with Gasteiger partial charge in [0.2, 0.25) is 10.0 Å². The van der Waals surface area contributed by atoms with Gasteiger partial charge in [0.1, 0.15) is 11.6 Å². The first kappa shape index (κ1) is 20.9. The van der Waals surface area contributed by atoms with Gasteiger partial charge < -0.3 is 4.74 Å². The van der Waals surface area contributed by atoms with E-state index in [2.05, 4.69) is 20.7 Å². The fraction of sp³-hybridized carbons (Fsp3) is 0.421. The van der Waals surface area contributed by atoms with Crippen molar-refractivity contribution in [2.24, 2.45) is 5.92 Å². The quantitative estimate of drug-likeness (QED) is 0.703. The van der Waals surface area contributed by atoms with E-state index in [0.717, 1.165) is 9.86 Å². The number of esters is 1. The molecule has 26 heavy (non-hydrogen) atoms. The van der Waals surface area contributed by atoms with Crippen LogP contribution in [0.1, 0.15) is 34.6 Å². The largest absolute Gasteiger partial charge is 0.459 e. The molecule has 2 aromatic carbocycles. The Kier molecular flexibility index (Phi) is 6.15. The average molecular weight is 442 g/mol. The van der Waals surface area contributed by atoms with Gasteiger partial charge in [0.05, 0.1) is 4.90 Å². The van der Waals surface area contributed by atoms with E-state index in [-0.39, 0.29) is 10.8 Å². The number of benzene rings is 2. The van der Waals surface area contributed by atoms with Gasteiger partial charge in [-0.2, -0.15) is 4.72 Å². The van der Waals surface area contributed by atoms with Crippen LogP contribution in [0.2, 0.25) is 0 Å². The van der Waals surface area contributed by atoms with E-state index in [0.29, 0.717) is 5.39 Å². The number of fused-ring (bicyclic) bond motifs is 1. The first-order chi connectivity index (χ1) is 11.9. The molecule has 0 aromatic heterocycles. The lowest BCUT2D eigenvalue weighted by Crippen LogP contribution is -2.47. The van der Waals surface area contributed by atoms with Crippen LogP contribution in [-0.4, -0.2) is 26.0 Å². The molecule has 0 radical (unpaired) electrons. The summed E-state index contributed by atoms with van der Waals surface area (Å²) < 4.78 is 34.7. The highest BCUT2D eigenvalue weighted by Gasteiger charge is 2.32. The second-order valence-electron chi connectivity index (χ2n) is 7.47. The molecule has 0 saturated carbocycles. The molecule has 0 aliphatic rings. The summed E-state index contributed by atoms with van der Waals surface area (Å²) in [7, 11) is -3.92. The number of hydrogen-bond acceptors (Lipinski definition) is 4. The molecule has 7 heteroatoms. The third-order valence-electron chi connectivity index (χ3n) is 3.73. The molecule has 142 valence electrons. The summed E-state index contributed by atoms with van der Waals surface area (Å²) in [5, 5.41) is 1.37. The van der Waals surface area contributed by atoms with Crippen molar-refractivity contribution in [3.05, 3.63) is 40.9 Å². The normalized spacial score (nSPS) is 13.8. The number of halogens is 1. The van der Waals surface area contributed by atoms with Crippen LogP contribution >= 0.6 is 15.9 Å². The predicted molar refractivity (Wildman–Crippen MR) is 106 cm³/mol. The van der Waals surface area contributed by atoms with E-state index in [4.69, 9.17) is 4.74 Å². The molecule has 0 saturated heterocycles. The van der Waals surface area contributed by atoms with Crippen molar-refractivity contribution in [1.82, 2.24) is 4.72 Å². The van der Waals surface area contributed by atoms with E-state index >= 15 is 0 Å². The van der Waals surface area contributed by atoms with Crippen molar-refractivity contribution in [3.8, 4) is 0 Å². The van der Waals surface area contributed by atoms with Crippen LogP contribution in [0.25, 0.3) is 10.8 Å². The van der Waals surface area contributed by atoms with Crippen LogP contribution in [0.15, 0.2) is 45.8 Å². The lowest BCUT2D eigenvalue weighted by atomic mass is 10.1. The second kappa shape index (κ2) is 7.66. The number of hydrogen-bond donors (Lipinski definition) is 1. The van der Waals surface area contributed by atoms with Gasteiger partial charge in [-0.3, -0.25) is 4.79 Å². The summed E-state index contributed by atoms with van der Waals surface area (Å²) in [6, 6.07) is 9.45. The molecule has 1 N–H and O–H groups in total. The monoisotopic (exact) mass is 441 g/mol. The van der Waals surface area contributed by atoms with Gasteiger partial charge in [-0.15, -0.1) is 0 Å². The van der Waals surface area contributed by atoms with Gasteiger partial charge in [-0.1, -0.05) is 54.0 Å². The van der Waals surface area contributed by atoms with Crippen LogP contribution in [0, 0.1) is 5.92 Å². The summed E-state index contributed by atoms with van der Waals surface area (Å²) in [6.07, 6.45) is 0. The van der Waals surface area contributed by atoms with Gasteiger partial charge in [0, 0.05) is 9.86 Å². The first-order valence-electron chi connectivity index (χ1n) is 8.35. The van der Waals surface area contributed by atoms with Gasteiger partial charge in [-0.05, 0) is 44.2 Å². The molecule has 0 spiro atoms. The Balaban J connectivity index is 2.44. The van der Waals surface area contributed by atoms with E-state index < -0.39 is 27.6 Å². The number of carbonyl (C=O) groups excluding carboxylic acids is 1. The van der Waals surface area contributed by atoms with Gasteiger partial charge in [-0.25, -0.2) is 8.42 Å². The molecule has 0 fully saturated rings. The minimum Gasteiger partial charge on any atom is -0.459 e. The zero-order valence-electron chi connectivity index (χ0n) is 15.5. The summed E-state index contributed by atoms with van der Waals surface area (Å²) in [5.41, 5.74) is -0.694. The molecular weight excluding hydrogens is 418 g/mol. The van der Waals surface area contributed by atoms with Crippen molar-refractivity contribution in [3.63, 3.8) is 0 Å². The van der Waals surface area contributed by atoms with E-state index in [1.54, 1.807) is 52.8 Å². The van der Waals surface area contributed by atoms with E-state index in [9.17, 15) is 13.2 Å². The first-order valence-corrected chi connectivity index (χ1v) is 10.6. The average Bonchev–Trinajstić information content (AvgIpc) is 2.51. The highest BCUT2D eigenvalue weighted by Crippen LogP contribution is 2.29. The zero-order chi connectivity index (χ0) is 19.7. The highest BCUT2D eigenvalue weighted by atomic mass is 79.9. The Morgan fingerprint density at radius 2 is 1.65 bits per heavy atom. The molecule has 2 rings (SSSR count). The molecule has 0 bridgehead atoms. The van der Waals surface area contributed by atoms with E-state index in [1.807, 2.05) is 12.1 Å². The van der Waals surface area contributed by atoms with Crippen molar-refractivity contribution in [2.75, 3.05) is 0 Å². The molecule has 1 atom stereocenters. The fourth-order valence-corrected chi connectivity index (χ4v) is 4.54. The molecule has 0 heterocycles. The molecule has 0 aliphatic heterocycles. The van der Waals surface area contributed by atoms with Gasteiger partial charge in [0.25, 0.3) is 0 Å². The number of carbonyl (C=O) groups is 1. The summed E-state index contributed by atoms with van der Waals surface area (Å²) in [5.74, 6) is -0.848. The van der Waals surface area contributed by atoms with Crippen molar-refractivity contribution in [2.45, 2.75) is 51.2 Å². The topological polar surface area (TPSA) is 72.5 Å². The van der Waals surface area contributed by atoms with Crippen LogP contribution in [0.3, 0.4) is 0 Å². The highest BCUT2D eigenvalue weighted by molar-refractivity contribution is 9.10. The number of nitrogens with one attached hydrogen (secondary N) is 1. The summed E-state index contributed by atoms with van der Waals surface area (Å²) in [4.78, 5) is 12.6. The Morgan fingerprint density at radius 1 is 1.08 bits per heavy atom. The molecule has 0 aliphatic carbocycles. The Morgan fingerprint density at radius 3 is 2.19 bits per heavy atom. The molecular formula is C19H24BrNO4S. The minimum atomic E-state index is -3.92. The van der Waals surface area contributed by atoms with Crippen LogP contribution in [0.4, 0.5) is 0 Å². The molecule has 1 unspecified atom stereocenters. The Bertz CT molecular complexity index is 917. The summed E-state index contributed by atoms with van der Waals surface area (Å²) >= 11 is 3.44. The second-order valence-corrected chi connectivity index (χ2v) is 10.0. The smallest absolute Gasteiger partial charge is 0.324 e. The fourth-order valence-electron chi connectivity index (χ4n) is 2.52. The van der Waals surface area contributed by atoms with Crippen LogP contribution in [-0.2, 0) is 19.6 Å². The summed E-state index contributed by atoms with van der Waals surface area (Å²) in [6.45, 7) is 8.80. The zero-order valence-corrected chi connectivity index (χ0v) is 17.9. The molecule has 5 nitrogen and oxygen atoms in total. The standard InChI is InChI=1S/C19H24BrNO4S/c1-12(2)17(18(22)25-19(3,4)5)21-26(23,24)16-11-10-15(20)13-8-6-7-9-14(13)16/h6-12,17,21H,1-5H3. The third kappa shape index (κ3) is 4.84. The number of sulfonamides is 1. The van der Waals surface area contributed by atoms with E-state index in [1.165, 1.54) is 6.07 Å². The number of ether oxygens (including phenoxy) is 1. The molecule has 0 amide bonds. The lowest BCUT2D eigenvalue weighted by Gasteiger charge is -2.26. The third-order valence-corrected chi connectivity index (χ3v) is 5.92. The van der Waals surface area contributed by atoms with Crippen LogP contribution < -0.4 is 4.72 Å². The van der Waals surface area contributed by atoms with Crippen molar-refractivity contribution in [1.29, 1.82) is 0 Å². The maximum atomic E-state index is 13.0. The van der Waals surface area contributed by atoms with Crippen molar-refractivity contribution >= 4 is 42.7 Å². The minimum absolute atomic E-state index is 0.130. The molecule has 2 aromatic rings. The maximum absolute atomic E-state index is 13.0. The predicted octanol–water partition coefficient (Wildman–Crippen LogP) is 4.25. The van der Waals surface area contributed by atoms with Crippen molar-refractivity contribution < 1.29 is 17.9 Å². The SMILES string of the molecule is CC(C)C(NS(=O)(=O)c1ccc(Br)c2ccccc12)C(=O)OC(C)(C)C. The Hall–Kier alpha value is -1.44. The van der Waals surface area contributed by atoms with Crippen LogP contribution in [0.5, 0.6) is 0 Å². The maximum Gasteiger partial charge on any atom is 0.324 e. The number of rotatable bonds is 5. The van der Waals surface area contributed by atoms with Gasteiger partial charge >= 0.3 is 5.97 Å². The van der Waals surface area contributed by atoms with Gasteiger partial charge in [0.15, 0.2) is 0 Å².